The smallest absolute Gasteiger partial charge is 0.335 e. The van der Waals surface area contributed by atoms with Gasteiger partial charge in [-0.2, -0.15) is 8.42 Å². The van der Waals surface area contributed by atoms with Crippen molar-refractivity contribution in [2.45, 2.75) is 25.7 Å². The first-order valence-corrected chi connectivity index (χ1v) is 13.3. The number of carboxylic acids is 1. The summed E-state index contributed by atoms with van der Waals surface area (Å²) < 4.78 is 32.4. The third-order valence-corrected chi connectivity index (χ3v) is 7.34. The van der Waals surface area contributed by atoms with Gasteiger partial charge in [-0.15, -0.1) is 0 Å². The van der Waals surface area contributed by atoms with Crippen LogP contribution in [0.25, 0.3) is 0 Å². The van der Waals surface area contributed by atoms with Crippen LogP contribution >= 0.6 is 23.2 Å². The third-order valence-electron chi connectivity index (χ3n) is 5.71. The molecule has 0 aromatic heterocycles. The van der Waals surface area contributed by atoms with Crippen LogP contribution in [0.4, 0.5) is 17.1 Å². The molecular weight excluding hydrogens is 553 g/mol. The summed E-state index contributed by atoms with van der Waals surface area (Å²) in [6.07, 6.45) is 0. The molecule has 0 heterocycles. The molecule has 38 heavy (non-hydrogen) atoms. The second kappa shape index (κ2) is 11.1. The van der Waals surface area contributed by atoms with Gasteiger partial charge in [0.15, 0.2) is 0 Å². The number of hydrogen-bond donors (Lipinski definition) is 3. The van der Waals surface area contributed by atoms with Gasteiger partial charge < -0.3 is 15.3 Å². The van der Waals surface area contributed by atoms with E-state index in [1.165, 1.54) is 12.1 Å². The van der Waals surface area contributed by atoms with Gasteiger partial charge in [-0.05, 0) is 79.9 Å². The van der Waals surface area contributed by atoms with E-state index in [1.54, 1.807) is 19.9 Å². The van der Waals surface area contributed by atoms with E-state index in [-0.39, 0.29) is 27.0 Å². The van der Waals surface area contributed by atoms with Gasteiger partial charge >= 0.3 is 5.97 Å². The van der Waals surface area contributed by atoms with Crippen molar-refractivity contribution in [1.82, 2.24) is 0 Å². The number of nitrogens with zero attached hydrogens (tertiary/aromatic N) is 2. The average Bonchev–Trinajstić information content (AvgIpc) is 2.79. The van der Waals surface area contributed by atoms with Crippen molar-refractivity contribution >= 4 is 68.0 Å². The quantitative estimate of drug-likeness (QED) is 0.242. The number of carboxylic acid groups (broad SMARTS) is 1. The molecule has 0 radical (unpaired) electrons. The Kier molecular flexibility index (Phi) is 8.52. The van der Waals surface area contributed by atoms with E-state index in [2.05, 4.69) is 10.3 Å². The van der Waals surface area contributed by atoms with E-state index in [0.717, 1.165) is 23.4 Å². The molecule has 0 unspecified atom stereocenters. The Labute approximate surface area is 230 Å². The molecule has 0 aliphatic rings. The van der Waals surface area contributed by atoms with Crippen LogP contribution in [-0.4, -0.2) is 49.8 Å². The van der Waals surface area contributed by atoms with Gasteiger partial charge in [0.2, 0.25) is 0 Å². The maximum Gasteiger partial charge on any atom is 0.335 e. The molecule has 9 nitrogen and oxygen atoms in total. The highest BCUT2D eigenvalue weighted by atomic mass is 35.5. The number of aryl methyl sites for hydroxylation is 3. The minimum absolute atomic E-state index is 0.0149. The van der Waals surface area contributed by atoms with Crippen LogP contribution in [0.3, 0.4) is 0 Å². The van der Waals surface area contributed by atoms with Crippen molar-refractivity contribution < 1.29 is 27.7 Å². The Hall–Kier alpha value is -3.44. The summed E-state index contributed by atoms with van der Waals surface area (Å²) in [5, 5.41) is 11.5. The lowest BCUT2D eigenvalue weighted by molar-refractivity contribution is -0.110. The topological polar surface area (TPSA) is 136 Å². The number of aliphatic imine (C=N–C) groups is 1. The highest BCUT2D eigenvalue weighted by Crippen LogP contribution is 2.33. The van der Waals surface area contributed by atoms with Crippen molar-refractivity contribution in [1.29, 1.82) is 0 Å². The summed E-state index contributed by atoms with van der Waals surface area (Å²) in [6.45, 7) is 5.19. The molecule has 0 saturated carbocycles. The van der Waals surface area contributed by atoms with E-state index in [4.69, 9.17) is 23.2 Å². The molecule has 0 fully saturated rings. The minimum Gasteiger partial charge on any atom is -0.478 e. The zero-order chi connectivity index (χ0) is 28.5. The number of amides is 1. The SMILES string of the molecule is Cc1cc(N(C)C)ccc1N=C(C(=O)Nc1cc(Cl)c(S(=O)(=O)O)cc1Cl)c1c(C)cc(C(=O)O)cc1C. The lowest BCUT2D eigenvalue weighted by atomic mass is 9.95. The maximum atomic E-state index is 13.6. The van der Waals surface area contributed by atoms with E-state index >= 15 is 0 Å². The maximum absolute atomic E-state index is 13.6. The van der Waals surface area contributed by atoms with Crippen LogP contribution < -0.4 is 10.2 Å². The van der Waals surface area contributed by atoms with Crippen LogP contribution in [0.2, 0.25) is 10.0 Å². The minimum atomic E-state index is -4.64. The molecule has 1 amide bonds. The van der Waals surface area contributed by atoms with Crippen molar-refractivity contribution in [3.63, 3.8) is 0 Å². The average molecular weight is 578 g/mol. The first-order valence-electron chi connectivity index (χ1n) is 11.1. The fourth-order valence-corrected chi connectivity index (χ4v) is 5.15. The monoisotopic (exact) mass is 577 g/mol. The Morgan fingerprint density at radius 1 is 0.921 bits per heavy atom. The van der Waals surface area contributed by atoms with Gasteiger partial charge in [0.05, 0.1) is 27.0 Å². The Morgan fingerprint density at radius 2 is 1.53 bits per heavy atom. The lowest BCUT2D eigenvalue weighted by Crippen LogP contribution is -2.26. The number of hydrogen-bond acceptors (Lipinski definition) is 6. The molecule has 0 bridgehead atoms. The third kappa shape index (κ3) is 6.33. The molecule has 0 aliphatic carbocycles. The first-order chi connectivity index (χ1) is 17.6. The fourth-order valence-electron chi connectivity index (χ4n) is 3.85. The van der Waals surface area contributed by atoms with Crippen LogP contribution in [-0.2, 0) is 14.9 Å². The van der Waals surface area contributed by atoms with E-state index in [0.29, 0.717) is 22.4 Å². The summed E-state index contributed by atoms with van der Waals surface area (Å²) >= 11 is 12.2. The van der Waals surface area contributed by atoms with Crippen LogP contribution in [0.15, 0.2) is 52.4 Å². The molecule has 3 aromatic carbocycles. The molecule has 0 spiro atoms. The number of halogens is 2. The van der Waals surface area contributed by atoms with E-state index in [9.17, 15) is 27.7 Å². The van der Waals surface area contributed by atoms with Gasteiger partial charge in [0.1, 0.15) is 10.6 Å². The predicted molar refractivity (Wildman–Crippen MR) is 149 cm³/mol. The zero-order valence-electron chi connectivity index (χ0n) is 21.1. The zero-order valence-corrected chi connectivity index (χ0v) is 23.5. The largest absolute Gasteiger partial charge is 0.478 e. The molecule has 3 aromatic rings. The summed E-state index contributed by atoms with van der Waals surface area (Å²) in [4.78, 5) is 31.2. The Morgan fingerprint density at radius 3 is 2.03 bits per heavy atom. The van der Waals surface area contributed by atoms with Crippen molar-refractivity contribution in [2.24, 2.45) is 4.99 Å². The summed E-state index contributed by atoms with van der Waals surface area (Å²) in [5.41, 5.74) is 3.68. The van der Waals surface area contributed by atoms with Crippen LogP contribution in [0.1, 0.15) is 32.6 Å². The van der Waals surface area contributed by atoms with Gasteiger partial charge in [0.25, 0.3) is 16.0 Å². The number of aromatic carboxylic acids is 1. The van der Waals surface area contributed by atoms with Crippen molar-refractivity contribution in [2.75, 3.05) is 24.3 Å². The summed E-state index contributed by atoms with van der Waals surface area (Å²) in [5.74, 6) is -1.81. The van der Waals surface area contributed by atoms with Crippen LogP contribution in [0, 0.1) is 20.8 Å². The normalized spacial score (nSPS) is 11.8. The molecule has 3 rings (SSSR count). The highest BCUT2D eigenvalue weighted by Gasteiger charge is 2.24. The number of anilines is 2. The molecule has 0 atom stereocenters. The van der Waals surface area contributed by atoms with Crippen molar-refractivity contribution in [3.8, 4) is 0 Å². The van der Waals surface area contributed by atoms with Gasteiger partial charge in [-0.25, -0.2) is 9.79 Å². The fraction of sp³-hybridized carbons (Fsp3) is 0.192. The Bertz CT molecular complexity index is 1580. The number of carbonyl (C=O) groups is 2. The number of rotatable bonds is 7. The first kappa shape index (κ1) is 29.1. The van der Waals surface area contributed by atoms with Gasteiger partial charge in [0, 0.05) is 25.3 Å². The van der Waals surface area contributed by atoms with Gasteiger partial charge in [-0.1, -0.05) is 23.2 Å². The van der Waals surface area contributed by atoms with E-state index < -0.39 is 26.9 Å². The second-order valence-electron chi connectivity index (χ2n) is 8.81. The molecule has 200 valence electrons. The van der Waals surface area contributed by atoms with Crippen molar-refractivity contribution in [3.05, 3.63) is 80.3 Å². The molecule has 0 saturated heterocycles. The number of carbonyl (C=O) groups excluding carboxylic acids is 1. The second-order valence-corrected chi connectivity index (χ2v) is 11.0. The number of nitrogens with one attached hydrogen (secondary N) is 1. The molecule has 12 heteroatoms. The summed E-state index contributed by atoms with van der Waals surface area (Å²) in [6, 6.07) is 10.4. The Balaban J connectivity index is 2.19. The molecule has 0 aliphatic heterocycles. The molecular formula is C26H25Cl2N3O6S. The van der Waals surface area contributed by atoms with E-state index in [1.807, 2.05) is 38.1 Å². The highest BCUT2D eigenvalue weighted by molar-refractivity contribution is 7.86. The molecule has 3 N–H and O–H groups in total. The summed E-state index contributed by atoms with van der Waals surface area (Å²) in [7, 11) is -0.846. The number of benzene rings is 3. The van der Waals surface area contributed by atoms with Gasteiger partial charge in [-0.3, -0.25) is 9.35 Å². The lowest BCUT2D eigenvalue weighted by Gasteiger charge is -2.17. The standard InChI is InChI=1S/C26H25Cl2N3O6S/c1-13-10-17(31(4)5)6-7-20(13)29-24(23-14(2)8-16(26(33)34)9-15(23)3)25(32)30-21-11-19(28)22(12-18(21)27)38(35,36)37/h6-12H,1-5H3,(H,30,32)(H,33,34)(H,35,36,37). The predicted octanol–water partition coefficient (Wildman–Crippen LogP) is 5.69. The van der Waals surface area contributed by atoms with Crippen LogP contribution in [0.5, 0.6) is 0 Å².